The monoisotopic (exact) mass is 331 g/mol. The van der Waals surface area contributed by atoms with Crippen molar-refractivity contribution < 1.29 is 9.53 Å². The number of carbonyl (C=O) groups is 1. The van der Waals surface area contributed by atoms with Crippen molar-refractivity contribution >= 4 is 33.6 Å². The molecule has 0 spiro atoms. The Bertz CT molecular complexity index is 335. The summed E-state index contributed by atoms with van der Waals surface area (Å²) in [6.07, 6.45) is 0.856. The molecule has 0 saturated heterocycles. The predicted octanol–water partition coefficient (Wildman–Crippen LogP) is 2.70. The maximum Gasteiger partial charge on any atom is 0.230 e. The van der Waals surface area contributed by atoms with E-state index in [0.717, 1.165) is 23.3 Å². The van der Waals surface area contributed by atoms with E-state index in [9.17, 15) is 4.79 Å². The molecular formula is C13H18BrNO2S. The summed E-state index contributed by atoms with van der Waals surface area (Å²) in [4.78, 5) is 12.6. The van der Waals surface area contributed by atoms with E-state index in [2.05, 4.69) is 21.2 Å². The largest absolute Gasteiger partial charge is 0.381 e. The maximum absolute atomic E-state index is 11.5. The van der Waals surface area contributed by atoms with Crippen molar-refractivity contribution in [3.63, 3.8) is 0 Å². The molecule has 0 heterocycles. The maximum atomic E-state index is 11.5. The second-order valence-corrected chi connectivity index (χ2v) is 5.45. The van der Waals surface area contributed by atoms with Gasteiger partial charge in [0.25, 0.3) is 0 Å². The van der Waals surface area contributed by atoms with Gasteiger partial charge >= 0.3 is 0 Å². The molecule has 0 atom stereocenters. The minimum absolute atomic E-state index is 0.0735. The van der Waals surface area contributed by atoms with Gasteiger partial charge in [-0.1, -0.05) is 34.1 Å². The van der Waals surface area contributed by atoms with E-state index in [4.69, 9.17) is 4.74 Å². The third kappa shape index (κ3) is 7.74. The van der Waals surface area contributed by atoms with Crippen molar-refractivity contribution in [1.29, 1.82) is 0 Å². The zero-order valence-corrected chi connectivity index (χ0v) is 12.6. The lowest BCUT2D eigenvalue weighted by Crippen LogP contribution is -2.26. The van der Waals surface area contributed by atoms with Gasteiger partial charge in [-0.15, -0.1) is 11.8 Å². The van der Waals surface area contributed by atoms with Gasteiger partial charge in [-0.2, -0.15) is 0 Å². The van der Waals surface area contributed by atoms with Crippen LogP contribution in [0.15, 0.2) is 35.2 Å². The molecule has 1 rings (SSSR count). The summed E-state index contributed by atoms with van der Waals surface area (Å²) in [6, 6.07) is 9.93. The fourth-order valence-corrected chi connectivity index (χ4v) is 2.25. The average Bonchev–Trinajstić information content (AvgIpc) is 2.41. The highest BCUT2D eigenvalue weighted by Gasteiger charge is 2.01. The molecule has 1 amide bonds. The Kier molecular flexibility index (Phi) is 8.98. The van der Waals surface area contributed by atoms with E-state index in [1.807, 2.05) is 30.3 Å². The summed E-state index contributed by atoms with van der Waals surface area (Å²) >= 11 is 4.84. The Balaban J connectivity index is 2.01. The van der Waals surface area contributed by atoms with E-state index in [1.54, 1.807) is 11.8 Å². The smallest absolute Gasteiger partial charge is 0.230 e. The van der Waals surface area contributed by atoms with Crippen LogP contribution < -0.4 is 5.32 Å². The van der Waals surface area contributed by atoms with Crippen molar-refractivity contribution in [3.8, 4) is 0 Å². The first-order valence-corrected chi connectivity index (χ1v) is 8.02. The number of halogens is 1. The number of hydrogen-bond acceptors (Lipinski definition) is 3. The molecule has 0 radical (unpaired) electrons. The second-order valence-electron chi connectivity index (χ2n) is 3.61. The fraction of sp³-hybridized carbons (Fsp3) is 0.462. The number of hydrogen-bond donors (Lipinski definition) is 1. The highest BCUT2D eigenvalue weighted by molar-refractivity contribution is 9.09. The number of benzene rings is 1. The third-order valence-electron chi connectivity index (χ3n) is 2.12. The summed E-state index contributed by atoms with van der Waals surface area (Å²) in [7, 11) is 0. The quantitative estimate of drug-likeness (QED) is 0.429. The molecule has 0 saturated carbocycles. The van der Waals surface area contributed by atoms with E-state index in [-0.39, 0.29) is 5.91 Å². The number of nitrogens with one attached hydrogen (secondary N) is 1. The predicted molar refractivity (Wildman–Crippen MR) is 79.4 cm³/mol. The first-order valence-electron chi connectivity index (χ1n) is 5.91. The van der Waals surface area contributed by atoms with Crippen LogP contribution in [-0.4, -0.2) is 36.7 Å². The van der Waals surface area contributed by atoms with E-state index < -0.39 is 0 Å². The van der Waals surface area contributed by atoms with Gasteiger partial charge in [0, 0.05) is 23.4 Å². The van der Waals surface area contributed by atoms with Gasteiger partial charge in [0.1, 0.15) is 0 Å². The molecule has 1 N–H and O–H groups in total. The molecule has 0 bridgehead atoms. The van der Waals surface area contributed by atoms with Gasteiger partial charge in [0.05, 0.1) is 12.4 Å². The van der Waals surface area contributed by atoms with E-state index in [1.165, 1.54) is 0 Å². The summed E-state index contributed by atoms with van der Waals surface area (Å²) in [5.74, 6) is 0.538. The molecule has 18 heavy (non-hydrogen) atoms. The number of ether oxygens (including phenoxy) is 1. The highest BCUT2D eigenvalue weighted by atomic mass is 79.9. The van der Waals surface area contributed by atoms with Gasteiger partial charge in [-0.25, -0.2) is 0 Å². The number of thioether (sulfide) groups is 1. The van der Waals surface area contributed by atoms with Crippen molar-refractivity contribution in [2.45, 2.75) is 11.3 Å². The van der Waals surface area contributed by atoms with Gasteiger partial charge in [-0.3, -0.25) is 4.79 Å². The molecule has 0 aliphatic heterocycles. The molecule has 0 aliphatic carbocycles. The van der Waals surface area contributed by atoms with Crippen LogP contribution in [0.5, 0.6) is 0 Å². The minimum atomic E-state index is 0.0735. The van der Waals surface area contributed by atoms with E-state index >= 15 is 0 Å². The lowest BCUT2D eigenvalue weighted by molar-refractivity contribution is -0.118. The number of rotatable bonds is 9. The molecule has 0 aliphatic rings. The van der Waals surface area contributed by atoms with Gasteiger partial charge < -0.3 is 10.1 Å². The van der Waals surface area contributed by atoms with Gasteiger partial charge in [0.2, 0.25) is 5.91 Å². The second kappa shape index (κ2) is 10.4. The zero-order valence-electron chi connectivity index (χ0n) is 10.2. The van der Waals surface area contributed by atoms with Gasteiger partial charge in [-0.05, 0) is 18.6 Å². The molecule has 0 unspecified atom stereocenters. The Morgan fingerprint density at radius 2 is 2.06 bits per heavy atom. The standard InChI is InChI=1S/C13H18BrNO2S/c14-7-10-17-9-4-8-15-13(16)11-18-12-5-2-1-3-6-12/h1-3,5-6H,4,7-11H2,(H,15,16). The normalized spacial score (nSPS) is 10.3. The topological polar surface area (TPSA) is 38.3 Å². The Hall–Kier alpha value is -0.520. The molecular weight excluding hydrogens is 314 g/mol. The van der Waals surface area contributed by atoms with Crippen molar-refractivity contribution in [3.05, 3.63) is 30.3 Å². The Morgan fingerprint density at radius 1 is 1.28 bits per heavy atom. The Labute approximate surface area is 121 Å². The summed E-state index contributed by atoms with van der Waals surface area (Å²) in [5.41, 5.74) is 0. The molecule has 0 fully saturated rings. The van der Waals surface area contributed by atoms with Gasteiger partial charge in [0.15, 0.2) is 0 Å². The first kappa shape index (κ1) is 15.5. The fourth-order valence-electron chi connectivity index (χ4n) is 1.28. The zero-order chi connectivity index (χ0) is 13.1. The summed E-state index contributed by atoms with van der Waals surface area (Å²) in [6.45, 7) is 2.09. The minimum Gasteiger partial charge on any atom is -0.381 e. The van der Waals surface area contributed by atoms with Crippen molar-refractivity contribution in [2.75, 3.05) is 30.8 Å². The lowest BCUT2D eigenvalue weighted by Gasteiger charge is -2.05. The van der Waals surface area contributed by atoms with Crippen LogP contribution in [0.2, 0.25) is 0 Å². The molecule has 3 nitrogen and oxygen atoms in total. The van der Waals surface area contributed by atoms with Crippen LogP contribution in [0.4, 0.5) is 0 Å². The molecule has 1 aromatic rings. The van der Waals surface area contributed by atoms with Crippen LogP contribution in [0.1, 0.15) is 6.42 Å². The number of carbonyl (C=O) groups excluding carboxylic acids is 1. The number of amides is 1. The third-order valence-corrected chi connectivity index (χ3v) is 3.46. The summed E-state index contributed by atoms with van der Waals surface area (Å²) in [5, 5.41) is 3.73. The average molecular weight is 332 g/mol. The molecule has 1 aromatic carbocycles. The van der Waals surface area contributed by atoms with E-state index in [0.29, 0.717) is 18.9 Å². The first-order chi connectivity index (χ1) is 8.83. The van der Waals surface area contributed by atoms with Crippen LogP contribution in [0.25, 0.3) is 0 Å². The van der Waals surface area contributed by atoms with Crippen LogP contribution in [-0.2, 0) is 9.53 Å². The Morgan fingerprint density at radius 3 is 2.78 bits per heavy atom. The molecule has 5 heteroatoms. The van der Waals surface area contributed by atoms with Crippen LogP contribution >= 0.6 is 27.7 Å². The number of alkyl halides is 1. The van der Waals surface area contributed by atoms with Crippen molar-refractivity contribution in [2.24, 2.45) is 0 Å². The molecule has 100 valence electrons. The van der Waals surface area contributed by atoms with Crippen molar-refractivity contribution in [1.82, 2.24) is 5.32 Å². The highest BCUT2D eigenvalue weighted by Crippen LogP contribution is 2.15. The van der Waals surface area contributed by atoms with Crippen LogP contribution in [0.3, 0.4) is 0 Å². The molecule has 0 aromatic heterocycles. The van der Waals surface area contributed by atoms with Crippen LogP contribution in [0, 0.1) is 0 Å². The SMILES string of the molecule is O=C(CSc1ccccc1)NCCCOCCBr. The lowest BCUT2D eigenvalue weighted by atomic mass is 10.4. The summed E-state index contributed by atoms with van der Waals surface area (Å²) < 4.78 is 5.29.